The van der Waals surface area contributed by atoms with E-state index in [1.165, 1.54) is 24.8 Å². The maximum Gasteiger partial charge on any atom is 0.128 e. The highest BCUT2D eigenvalue weighted by Gasteiger charge is 2.46. The Kier molecular flexibility index (Phi) is 1.99. The molecule has 15 heavy (non-hydrogen) atoms. The molecule has 2 aliphatic rings. The van der Waals surface area contributed by atoms with Crippen LogP contribution in [0.3, 0.4) is 0 Å². The van der Waals surface area contributed by atoms with Gasteiger partial charge in [0.2, 0.25) is 0 Å². The zero-order valence-corrected chi connectivity index (χ0v) is 8.91. The topological polar surface area (TPSA) is 35.2 Å². The second-order valence-electron chi connectivity index (χ2n) is 4.74. The summed E-state index contributed by atoms with van der Waals surface area (Å²) in [4.78, 5) is 0. The van der Waals surface area contributed by atoms with E-state index >= 15 is 0 Å². The van der Waals surface area contributed by atoms with Gasteiger partial charge in [-0.1, -0.05) is 24.6 Å². The molecule has 1 aliphatic heterocycles. The third kappa shape index (κ3) is 1.28. The fraction of sp³-hybridized carbons (Fsp3) is 0.538. The lowest BCUT2D eigenvalue weighted by molar-refractivity contribution is 0.0302. The van der Waals surface area contributed by atoms with Crippen LogP contribution in [0, 0.1) is 0 Å². The van der Waals surface area contributed by atoms with E-state index in [1.54, 1.807) is 0 Å². The predicted octanol–water partition coefficient (Wildman–Crippen LogP) is 2.78. The van der Waals surface area contributed by atoms with Crippen molar-refractivity contribution in [3.05, 3.63) is 29.8 Å². The second kappa shape index (κ2) is 3.24. The first-order valence-corrected chi connectivity index (χ1v) is 5.85. The summed E-state index contributed by atoms with van der Waals surface area (Å²) < 4.78 is 6.12. The van der Waals surface area contributed by atoms with Crippen LogP contribution in [0.1, 0.15) is 43.7 Å². The molecule has 80 valence electrons. The van der Waals surface area contributed by atoms with Gasteiger partial charge in [-0.15, -0.1) is 0 Å². The molecule has 3 rings (SSSR count). The summed E-state index contributed by atoms with van der Waals surface area (Å²) in [6, 6.07) is 8.29. The monoisotopic (exact) mass is 203 g/mol. The SMILES string of the molecule is NC1c2ccccc2OC12CCCCC2. The van der Waals surface area contributed by atoms with Crippen LogP contribution >= 0.6 is 0 Å². The first-order chi connectivity index (χ1) is 7.32. The summed E-state index contributed by atoms with van der Waals surface area (Å²) in [7, 11) is 0. The average molecular weight is 203 g/mol. The fourth-order valence-electron chi connectivity index (χ4n) is 2.96. The average Bonchev–Trinajstić information content (AvgIpc) is 2.54. The highest BCUT2D eigenvalue weighted by molar-refractivity contribution is 5.42. The molecule has 1 saturated carbocycles. The smallest absolute Gasteiger partial charge is 0.128 e. The van der Waals surface area contributed by atoms with E-state index in [9.17, 15) is 0 Å². The highest BCUT2D eigenvalue weighted by atomic mass is 16.5. The Morgan fingerprint density at radius 1 is 1.13 bits per heavy atom. The van der Waals surface area contributed by atoms with Crippen LogP contribution in [0.5, 0.6) is 5.75 Å². The Bertz CT molecular complexity index is 369. The first kappa shape index (κ1) is 9.22. The van der Waals surface area contributed by atoms with Gasteiger partial charge in [0.25, 0.3) is 0 Å². The number of rotatable bonds is 0. The molecule has 1 aliphatic carbocycles. The largest absolute Gasteiger partial charge is 0.485 e. The molecule has 1 heterocycles. The molecule has 1 spiro atoms. The van der Waals surface area contributed by atoms with Crippen molar-refractivity contribution in [3.63, 3.8) is 0 Å². The van der Waals surface area contributed by atoms with Crippen molar-refractivity contribution < 1.29 is 4.74 Å². The molecule has 2 nitrogen and oxygen atoms in total. The highest BCUT2D eigenvalue weighted by Crippen LogP contribution is 2.48. The number of benzene rings is 1. The van der Waals surface area contributed by atoms with Crippen LogP contribution in [0.2, 0.25) is 0 Å². The van der Waals surface area contributed by atoms with Gasteiger partial charge in [0.1, 0.15) is 11.4 Å². The fourth-order valence-corrected chi connectivity index (χ4v) is 2.96. The number of fused-ring (bicyclic) bond motifs is 1. The Morgan fingerprint density at radius 3 is 2.60 bits per heavy atom. The Labute approximate surface area is 90.4 Å². The lowest BCUT2D eigenvalue weighted by Crippen LogP contribution is -2.43. The number of hydrogen-bond donors (Lipinski definition) is 1. The molecular weight excluding hydrogens is 186 g/mol. The lowest BCUT2D eigenvalue weighted by atomic mass is 9.79. The molecule has 0 bridgehead atoms. The van der Waals surface area contributed by atoms with Crippen LogP contribution in [0.15, 0.2) is 24.3 Å². The summed E-state index contributed by atoms with van der Waals surface area (Å²) in [5.41, 5.74) is 7.44. The molecule has 0 saturated heterocycles. The summed E-state index contributed by atoms with van der Waals surface area (Å²) in [5.74, 6) is 1.01. The predicted molar refractivity (Wildman–Crippen MR) is 59.8 cm³/mol. The minimum atomic E-state index is -0.0814. The molecule has 0 radical (unpaired) electrons. The second-order valence-corrected chi connectivity index (χ2v) is 4.74. The maximum absolute atomic E-state index is 6.33. The van der Waals surface area contributed by atoms with Crippen molar-refractivity contribution in [2.24, 2.45) is 5.73 Å². The van der Waals surface area contributed by atoms with Crippen molar-refractivity contribution in [1.82, 2.24) is 0 Å². The minimum Gasteiger partial charge on any atom is -0.485 e. The van der Waals surface area contributed by atoms with Gasteiger partial charge in [-0.3, -0.25) is 0 Å². The minimum absolute atomic E-state index is 0.0778. The van der Waals surface area contributed by atoms with E-state index < -0.39 is 0 Å². The third-order valence-electron chi connectivity index (χ3n) is 3.83. The van der Waals surface area contributed by atoms with E-state index in [4.69, 9.17) is 10.5 Å². The van der Waals surface area contributed by atoms with Crippen LogP contribution < -0.4 is 10.5 Å². The van der Waals surface area contributed by atoms with Crippen molar-refractivity contribution in [1.29, 1.82) is 0 Å². The van der Waals surface area contributed by atoms with E-state index in [0.29, 0.717) is 0 Å². The molecule has 1 fully saturated rings. The summed E-state index contributed by atoms with van der Waals surface area (Å²) in [6.45, 7) is 0. The van der Waals surface area contributed by atoms with E-state index in [-0.39, 0.29) is 11.6 Å². The molecule has 2 N–H and O–H groups in total. The third-order valence-corrected chi connectivity index (χ3v) is 3.83. The summed E-state index contributed by atoms with van der Waals surface area (Å²) in [5, 5.41) is 0. The number of nitrogens with two attached hydrogens (primary N) is 1. The van der Waals surface area contributed by atoms with Gasteiger partial charge < -0.3 is 10.5 Å². The van der Waals surface area contributed by atoms with Crippen LogP contribution in [0.25, 0.3) is 0 Å². The van der Waals surface area contributed by atoms with Gasteiger partial charge in [-0.2, -0.15) is 0 Å². The molecule has 1 aromatic rings. The molecule has 0 amide bonds. The first-order valence-electron chi connectivity index (χ1n) is 5.85. The van der Waals surface area contributed by atoms with Crippen LogP contribution in [0.4, 0.5) is 0 Å². The van der Waals surface area contributed by atoms with E-state index in [0.717, 1.165) is 18.6 Å². The van der Waals surface area contributed by atoms with Gasteiger partial charge in [-0.05, 0) is 31.7 Å². The van der Waals surface area contributed by atoms with Crippen molar-refractivity contribution in [2.75, 3.05) is 0 Å². The van der Waals surface area contributed by atoms with Crippen molar-refractivity contribution in [3.8, 4) is 5.75 Å². The molecule has 1 aromatic carbocycles. The zero-order valence-electron chi connectivity index (χ0n) is 8.91. The van der Waals surface area contributed by atoms with Crippen LogP contribution in [-0.2, 0) is 0 Å². The number of ether oxygens (including phenoxy) is 1. The molecule has 1 atom stereocenters. The molecule has 2 heteroatoms. The Balaban J connectivity index is 1.98. The summed E-state index contributed by atoms with van der Waals surface area (Å²) >= 11 is 0. The number of para-hydroxylation sites is 1. The van der Waals surface area contributed by atoms with Gasteiger partial charge in [-0.25, -0.2) is 0 Å². The zero-order chi connectivity index (χ0) is 10.3. The molecular formula is C13H17NO. The quantitative estimate of drug-likeness (QED) is 0.703. The van der Waals surface area contributed by atoms with E-state index in [1.807, 2.05) is 18.2 Å². The van der Waals surface area contributed by atoms with Gasteiger partial charge >= 0.3 is 0 Å². The van der Waals surface area contributed by atoms with E-state index in [2.05, 4.69) is 6.07 Å². The maximum atomic E-state index is 6.33. The molecule has 1 unspecified atom stereocenters. The Morgan fingerprint density at radius 2 is 1.87 bits per heavy atom. The van der Waals surface area contributed by atoms with Gasteiger partial charge in [0.15, 0.2) is 0 Å². The molecule has 0 aromatic heterocycles. The lowest BCUT2D eigenvalue weighted by Gasteiger charge is -2.36. The van der Waals surface area contributed by atoms with Crippen LogP contribution in [-0.4, -0.2) is 5.60 Å². The van der Waals surface area contributed by atoms with Gasteiger partial charge in [0, 0.05) is 5.56 Å². The van der Waals surface area contributed by atoms with Crippen molar-refractivity contribution in [2.45, 2.75) is 43.7 Å². The van der Waals surface area contributed by atoms with Gasteiger partial charge in [0.05, 0.1) is 6.04 Å². The Hall–Kier alpha value is -1.02. The normalized spacial score (nSPS) is 27.4. The summed E-state index contributed by atoms with van der Waals surface area (Å²) in [6.07, 6.45) is 6.06. The van der Waals surface area contributed by atoms with Crippen molar-refractivity contribution >= 4 is 0 Å². The standard InChI is InChI=1S/C13H17NO/c14-12-10-6-2-3-7-11(10)15-13(12)8-4-1-5-9-13/h2-3,6-7,12H,1,4-5,8-9,14H2. The number of hydrogen-bond acceptors (Lipinski definition) is 2.